The largest absolute Gasteiger partial charge is 0.300 e. The molecule has 9 nitrogen and oxygen atoms in total. The number of hydrogen-bond donors (Lipinski definition) is 1. The number of thioether (sulfide) groups is 1. The monoisotopic (exact) mass is 489 g/mol. The minimum atomic E-state index is -0.421. The van der Waals surface area contributed by atoms with Crippen LogP contribution in [-0.4, -0.2) is 41.4 Å². The molecule has 3 heterocycles. The number of fused-ring (bicyclic) bond motifs is 3. The van der Waals surface area contributed by atoms with Crippen molar-refractivity contribution in [2.75, 3.05) is 11.1 Å². The number of rotatable bonds is 7. The van der Waals surface area contributed by atoms with E-state index < -0.39 is 5.56 Å². The van der Waals surface area contributed by atoms with E-state index in [1.807, 2.05) is 42.5 Å². The normalized spacial score (nSPS) is 11.2. The van der Waals surface area contributed by atoms with E-state index in [4.69, 9.17) is 4.98 Å². The predicted molar refractivity (Wildman–Crippen MR) is 133 cm³/mol. The van der Waals surface area contributed by atoms with Crippen molar-refractivity contribution >= 4 is 50.7 Å². The van der Waals surface area contributed by atoms with Crippen LogP contribution in [0.4, 0.5) is 5.13 Å². The first-order chi connectivity index (χ1) is 16.6. The quantitative estimate of drug-likeness (QED) is 0.208. The summed E-state index contributed by atoms with van der Waals surface area (Å²) < 4.78 is 1.54. The molecule has 0 atom stereocenters. The molecule has 3 aromatic heterocycles. The number of aromatic nitrogens is 6. The first-order valence-corrected chi connectivity index (χ1v) is 12.4. The van der Waals surface area contributed by atoms with Crippen LogP contribution in [-0.2, 0) is 11.2 Å². The van der Waals surface area contributed by atoms with E-state index >= 15 is 0 Å². The SMILES string of the molecule is CCCc1nnc(NC(=O)CSc2nc3ccccc3c3nc(=O)c(-c4ccccc4)nn23)s1. The summed E-state index contributed by atoms with van der Waals surface area (Å²) in [6.45, 7) is 2.07. The second kappa shape index (κ2) is 9.65. The van der Waals surface area contributed by atoms with Gasteiger partial charge in [-0.15, -0.1) is 10.2 Å². The topological polar surface area (TPSA) is 115 Å². The zero-order valence-electron chi connectivity index (χ0n) is 18.1. The van der Waals surface area contributed by atoms with E-state index in [1.54, 1.807) is 12.1 Å². The summed E-state index contributed by atoms with van der Waals surface area (Å²) in [5, 5.41) is 18.0. The highest BCUT2D eigenvalue weighted by molar-refractivity contribution is 7.99. The van der Waals surface area contributed by atoms with Crippen molar-refractivity contribution in [1.82, 2.24) is 29.8 Å². The van der Waals surface area contributed by atoms with Crippen LogP contribution in [0.2, 0.25) is 0 Å². The first kappa shape index (κ1) is 22.1. The maximum atomic E-state index is 12.8. The molecule has 2 aromatic carbocycles. The Hall–Kier alpha value is -3.70. The Bertz CT molecular complexity index is 1550. The molecule has 34 heavy (non-hydrogen) atoms. The van der Waals surface area contributed by atoms with E-state index in [2.05, 4.69) is 32.5 Å². The Morgan fingerprint density at radius 2 is 1.85 bits per heavy atom. The number of carbonyl (C=O) groups is 1. The molecular weight excluding hydrogens is 470 g/mol. The van der Waals surface area contributed by atoms with Crippen LogP contribution in [0, 0.1) is 0 Å². The number of para-hydroxylation sites is 1. The van der Waals surface area contributed by atoms with Gasteiger partial charge in [0.2, 0.25) is 11.0 Å². The molecule has 0 bridgehead atoms. The van der Waals surface area contributed by atoms with E-state index in [0.29, 0.717) is 32.4 Å². The summed E-state index contributed by atoms with van der Waals surface area (Å²) in [4.78, 5) is 34.4. The predicted octanol–water partition coefficient (Wildman–Crippen LogP) is 3.84. The smallest absolute Gasteiger partial charge is 0.300 e. The molecule has 170 valence electrons. The van der Waals surface area contributed by atoms with Gasteiger partial charge >= 0.3 is 0 Å². The number of benzene rings is 2. The number of anilines is 1. The van der Waals surface area contributed by atoms with Gasteiger partial charge in [0.15, 0.2) is 16.5 Å². The zero-order valence-corrected chi connectivity index (χ0v) is 19.8. The van der Waals surface area contributed by atoms with Gasteiger partial charge in [0, 0.05) is 17.4 Å². The maximum Gasteiger partial charge on any atom is 0.300 e. The molecule has 0 spiro atoms. The van der Waals surface area contributed by atoms with Crippen LogP contribution in [0.5, 0.6) is 0 Å². The van der Waals surface area contributed by atoms with E-state index in [-0.39, 0.29) is 17.4 Å². The Kier molecular flexibility index (Phi) is 6.28. The standard InChI is InChI=1S/C23H19N7O2S2/c1-2-8-18-27-28-22(34-18)25-17(31)13-33-23-24-16-12-7-6-11-15(16)20-26-21(32)19(29-30(20)23)14-9-4-3-5-10-14/h3-7,9-12H,2,8,13H2,1H3,(H,25,28,31). The molecule has 0 unspecified atom stereocenters. The van der Waals surface area contributed by atoms with Crippen molar-refractivity contribution in [3.63, 3.8) is 0 Å². The van der Waals surface area contributed by atoms with Crippen LogP contribution in [0.15, 0.2) is 64.5 Å². The third-order valence-corrected chi connectivity index (χ3v) is 6.74. The van der Waals surface area contributed by atoms with Crippen LogP contribution in [0.1, 0.15) is 18.4 Å². The van der Waals surface area contributed by atoms with Gasteiger partial charge in [0.25, 0.3) is 5.56 Å². The lowest BCUT2D eigenvalue weighted by molar-refractivity contribution is -0.113. The molecule has 5 aromatic rings. The van der Waals surface area contributed by atoms with Crippen LogP contribution >= 0.6 is 23.1 Å². The highest BCUT2D eigenvalue weighted by atomic mass is 32.2. The lowest BCUT2D eigenvalue weighted by Crippen LogP contribution is -2.19. The molecule has 0 aliphatic heterocycles. The molecule has 5 rings (SSSR count). The fraction of sp³-hybridized carbons (Fsp3) is 0.174. The Morgan fingerprint density at radius 1 is 1.06 bits per heavy atom. The highest BCUT2D eigenvalue weighted by Crippen LogP contribution is 2.24. The summed E-state index contributed by atoms with van der Waals surface area (Å²) in [6, 6.07) is 16.6. The van der Waals surface area contributed by atoms with Gasteiger partial charge in [-0.2, -0.15) is 14.6 Å². The number of aryl methyl sites for hydroxylation is 1. The molecule has 11 heteroatoms. The van der Waals surface area contributed by atoms with Crippen LogP contribution in [0.25, 0.3) is 27.8 Å². The molecule has 0 fully saturated rings. The van der Waals surface area contributed by atoms with Gasteiger partial charge in [-0.3, -0.25) is 14.9 Å². The molecule has 0 saturated carbocycles. The highest BCUT2D eigenvalue weighted by Gasteiger charge is 2.16. The molecule has 1 N–H and O–H groups in total. The van der Waals surface area contributed by atoms with Crippen molar-refractivity contribution in [3.05, 3.63) is 70.0 Å². The summed E-state index contributed by atoms with van der Waals surface area (Å²) in [5.41, 5.74) is 1.52. The summed E-state index contributed by atoms with van der Waals surface area (Å²) in [5.74, 6) is -0.151. The van der Waals surface area contributed by atoms with Gasteiger partial charge in [0.05, 0.1) is 11.3 Å². The van der Waals surface area contributed by atoms with E-state index in [1.165, 1.54) is 27.6 Å². The van der Waals surface area contributed by atoms with E-state index in [0.717, 1.165) is 17.8 Å². The third kappa shape index (κ3) is 4.52. The fourth-order valence-corrected chi connectivity index (χ4v) is 4.98. The molecular formula is C23H19N7O2S2. The van der Waals surface area contributed by atoms with Crippen molar-refractivity contribution in [1.29, 1.82) is 0 Å². The minimum Gasteiger partial charge on any atom is -0.300 e. The Labute approximate surface area is 202 Å². The number of amides is 1. The second-order valence-electron chi connectivity index (χ2n) is 7.37. The average molecular weight is 490 g/mol. The second-order valence-corrected chi connectivity index (χ2v) is 9.37. The molecule has 0 radical (unpaired) electrons. The van der Waals surface area contributed by atoms with Gasteiger partial charge < -0.3 is 0 Å². The summed E-state index contributed by atoms with van der Waals surface area (Å²) in [6.07, 6.45) is 1.80. The number of nitrogens with zero attached hydrogens (tertiary/aromatic N) is 6. The van der Waals surface area contributed by atoms with Gasteiger partial charge in [-0.1, -0.05) is 72.5 Å². The van der Waals surface area contributed by atoms with Gasteiger partial charge in [-0.05, 0) is 18.6 Å². The molecule has 1 amide bonds. The fourth-order valence-electron chi connectivity index (χ4n) is 3.38. The minimum absolute atomic E-state index is 0.0810. The van der Waals surface area contributed by atoms with Crippen LogP contribution < -0.4 is 10.9 Å². The summed E-state index contributed by atoms with van der Waals surface area (Å²) in [7, 11) is 0. The van der Waals surface area contributed by atoms with Crippen molar-refractivity contribution < 1.29 is 4.79 Å². The number of hydrogen-bond acceptors (Lipinski definition) is 9. The lowest BCUT2D eigenvalue weighted by atomic mass is 10.2. The number of carbonyl (C=O) groups excluding carboxylic acids is 1. The van der Waals surface area contributed by atoms with Crippen molar-refractivity contribution in [3.8, 4) is 11.3 Å². The third-order valence-electron chi connectivity index (χ3n) is 4.91. The first-order valence-electron chi connectivity index (χ1n) is 10.6. The Balaban J connectivity index is 1.49. The molecule has 0 aliphatic rings. The van der Waals surface area contributed by atoms with Gasteiger partial charge in [-0.25, -0.2) is 4.98 Å². The average Bonchev–Trinajstić information content (AvgIpc) is 3.29. The van der Waals surface area contributed by atoms with E-state index in [9.17, 15) is 9.59 Å². The summed E-state index contributed by atoms with van der Waals surface area (Å²) >= 11 is 2.58. The van der Waals surface area contributed by atoms with Crippen LogP contribution in [0.3, 0.4) is 0 Å². The number of nitrogens with one attached hydrogen (secondary N) is 1. The van der Waals surface area contributed by atoms with Crippen molar-refractivity contribution in [2.24, 2.45) is 0 Å². The maximum absolute atomic E-state index is 12.8. The lowest BCUT2D eigenvalue weighted by Gasteiger charge is -2.10. The Morgan fingerprint density at radius 3 is 2.68 bits per heavy atom. The molecule has 0 saturated heterocycles. The molecule has 0 aliphatic carbocycles. The van der Waals surface area contributed by atoms with Crippen molar-refractivity contribution in [2.45, 2.75) is 24.9 Å². The van der Waals surface area contributed by atoms with Gasteiger partial charge in [0.1, 0.15) is 5.01 Å². The zero-order chi connectivity index (χ0) is 23.5.